The van der Waals surface area contributed by atoms with Gasteiger partial charge in [-0.1, -0.05) is 6.42 Å². The zero-order valence-corrected chi connectivity index (χ0v) is 13.0. The summed E-state index contributed by atoms with van der Waals surface area (Å²) in [5, 5.41) is 2.07. The Morgan fingerprint density at radius 1 is 1.61 bits per heavy atom. The number of carbonyl (C=O) groups excluding carboxylic acids is 1. The van der Waals surface area contributed by atoms with Crippen LogP contribution in [-0.2, 0) is 11.2 Å². The maximum absolute atomic E-state index is 12.3. The molecule has 0 atom stereocenters. The van der Waals surface area contributed by atoms with Gasteiger partial charge in [-0.2, -0.15) is 0 Å². The standard InChI is InChI=1S/C13H19BrN2OS/c1-16(6-3-11-7-10(14)8-18-11)12(17)13(9-15)4-2-5-13/h7-8H,2-6,9,15H2,1H3. The molecule has 3 nitrogen and oxygen atoms in total. The molecule has 1 aromatic rings. The van der Waals surface area contributed by atoms with Gasteiger partial charge in [0.1, 0.15) is 0 Å². The van der Waals surface area contributed by atoms with Crippen molar-refractivity contribution in [1.82, 2.24) is 4.90 Å². The van der Waals surface area contributed by atoms with E-state index >= 15 is 0 Å². The van der Waals surface area contributed by atoms with E-state index in [1.54, 1.807) is 11.3 Å². The molecule has 1 aliphatic carbocycles. The van der Waals surface area contributed by atoms with Crippen molar-refractivity contribution in [3.63, 3.8) is 0 Å². The number of hydrogen-bond acceptors (Lipinski definition) is 3. The topological polar surface area (TPSA) is 46.3 Å². The van der Waals surface area contributed by atoms with E-state index < -0.39 is 0 Å². The van der Waals surface area contributed by atoms with Crippen molar-refractivity contribution in [2.75, 3.05) is 20.1 Å². The first-order valence-electron chi connectivity index (χ1n) is 6.26. The Bertz CT molecular complexity index is 423. The predicted molar refractivity (Wildman–Crippen MR) is 78.7 cm³/mol. The molecule has 0 radical (unpaired) electrons. The molecule has 1 saturated carbocycles. The Hall–Kier alpha value is -0.390. The Balaban J connectivity index is 1.87. The molecule has 0 aliphatic heterocycles. The molecule has 0 spiro atoms. The molecular weight excluding hydrogens is 312 g/mol. The van der Waals surface area contributed by atoms with Gasteiger partial charge in [-0.25, -0.2) is 0 Å². The summed E-state index contributed by atoms with van der Waals surface area (Å²) in [7, 11) is 1.89. The van der Waals surface area contributed by atoms with Gasteiger partial charge in [0.25, 0.3) is 0 Å². The van der Waals surface area contributed by atoms with Crippen molar-refractivity contribution < 1.29 is 4.79 Å². The van der Waals surface area contributed by atoms with Crippen LogP contribution in [0.3, 0.4) is 0 Å². The highest BCUT2D eigenvalue weighted by Crippen LogP contribution is 2.41. The molecule has 5 heteroatoms. The first-order chi connectivity index (χ1) is 8.57. The van der Waals surface area contributed by atoms with E-state index in [4.69, 9.17) is 5.73 Å². The number of hydrogen-bond donors (Lipinski definition) is 1. The van der Waals surface area contributed by atoms with E-state index in [1.165, 1.54) is 4.88 Å². The molecule has 1 heterocycles. The first-order valence-corrected chi connectivity index (χ1v) is 7.93. The van der Waals surface area contributed by atoms with Gasteiger partial charge in [-0.15, -0.1) is 11.3 Å². The highest BCUT2D eigenvalue weighted by Gasteiger charge is 2.44. The zero-order chi connectivity index (χ0) is 13.2. The largest absolute Gasteiger partial charge is 0.345 e. The molecule has 0 bridgehead atoms. The normalized spacial score (nSPS) is 17.3. The van der Waals surface area contributed by atoms with Gasteiger partial charge in [0, 0.05) is 34.9 Å². The lowest BCUT2D eigenvalue weighted by Gasteiger charge is -2.41. The van der Waals surface area contributed by atoms with Crippen LogP contribution in [0.1, 0.15) is 24.1 Å². The maximum Gasteiger partial charge on any atom is 0.229 e. The van der Waals surface area contributed by atoms with Gasteiger partial charge in [0.2, 0.25) is 5.91 Å². The summed E-state index contributed by atoms with van der Waals surface area (Å²) in [6.07, 6.45) is 3.96. The number of nitrogens with two attached hydrogens (primary N) is 1. The summed E-state index contributed by atoms with van der Waals surface area (Å²) < 4.78 is 1.12. The van der Waals surface area contributed by atoms with Gasteiger partial charge in [-0.3, -0.25) is 4.79 Å². The second kappa shape index (κ2) is 5.72. The van der Waals surface area contributed by atoms with Crippen molar-refractivity contribution in [2.45, 2.75) is 25.7 Å². The summed E-state index contributed by atoms with van der Waals surface area (Å²) in [5.41, 5.74) is 5.52. The number of halogens is 1. The van der Waals surface area contributed by atoms with Crippen LogP contribution in [0.25, 0.3) is 0 Å². The summed E-state index contributed by atoms with van der Waals surface area (Å²) in [5.74, 6) is 0.229. The van der Waals surface area contributed by atoms with Crippen LogP contribution >= 0.6 is 27.3 Å². The maximum atomic E-state index is 12.3. The lowest BCUT2D eigenvalue weighted by molar-refractivity contribution is -0.145. The molecule has 2 rings (SSSR count). The minimum atomic E-state index is -0.245. The van der Waals surface area contributed by atoms with E-state index in [0.717, 1.165) is 36.7 Å². The Kier molecular flexibility index (Phi) is 4.45. The fourth-order valence-corrected chi connectivity index (χ4v) is 3.82. The monoisotopic (exact) mass is 330 g/mol. The van der Waals surface area contributed by atoms with Gasteiger partial charge in [0.05, 0.1) is 5.41 Å². The van der Waals surface area contributed by atoms with Crippen LogP contribution in [0.4, 0.5) is 0 Å². The van der Waals surface area contributed by atoms with E-state index in [-0.39, 0.29) is 11.3 Å². The summed E-state index contributed by atoms with van der Waals surface area (Å²) in [6, 6.07) is 2.12. The lowest BCUT2D eigenvalue weighted by Crippen LogP contribution is -2.51. The van der Waals surface area contributed by atoms with Crippen LogP contribution in [0.15, 0.2) is 15.9 Å². The van der Waals surface area contributed by atoms with Crippen LogP contribution < -0.4 is 5.73 Å². The average Bonchev–Trinajstić information content (AvgIpc) is 2.71. The second-order valence-electron chi connectivity index (χ2n) is 5.05. The van der Waals surface area contributed by atoms with Crippen LogP contribution in [0.2, 0.25) is 0 Å². The minimum absolute atomic E-state index is 0.229. The molecule has 1 amide bonds. The van der Waals surface area contributed by atoms with E-state index in [0.29, 0.717) is 6.54 Å². The number of thiophene rings is 1. The molecule has 0 aromatic carbocycles. The lowest BCUT2D eigenvalue weighted by atomic mass is 9.68. The number of carbonyl (C=O) groups is 1. The van der Waals surface area contributed by atoms with Crippen LogP contribution in [0, 0.1) is 5.41 Å². The van der Waals surface area contributed by atoms with E-state index in [2.05, 4.69) is 27.4 Å². The summed E-state index contributed by atoms with van der Waals surface area (Å²) in [6.45, 7) is 1.26. The molecule has 18 heavy (non-hydrogen) atoms. The fraction of sp³-hybridized carbons (Fsp3) is 0.615. The molecular formula is C13H19BrN2OS. The van der Waals surface area contributed by atoms with Crippen molar-refractivity contribution in [1.29, 1.82) is 0 Å². The fourth-order valence-electron chi connectivity index (χ4n) is 2.38. The molecule has 100 valence electrons. The Morgan fingerprint density at radius 2 is 2.33 bits per heavy atom. The summed E-state index contributed by atoms with van der Waals surface area (Å²) >= 11 is 5.17. The highest BCUT2D eigenvalue weighted by molar-refractivity contribution is 9.10. The first kappa shape index (κ1) is 14.0. The second-order valence-corrected chi connectivity index (χ2v) is 6.96. The third kappa shape index (κ3) is 2.78. The quantitative estimate of drug-likeness (QED) is 0.902. The molecule has 1 aliphatic rings. The van der Waals surface area contributed by atoms with Crippen molar-refractivity contribution in [3.8, 4) is 0 Å². The van der Waals surface area contributed by atoms with Gasteiger partial charge < -0.3 is 10.6 Å². The predicted octanol–water partition coefficient (Wildman–Crippen LogP) is 2.64. The minimum Gasteiger partial charge on any atom is -0.345 e. The molecule has 2 N–H and O–H groups in total. The number of amides is 1. The van der Waals surface area contributed by atoms with Crippen molar-refractivity contribution in [2.24, 2.45) is 11.1 Å². The van der Waals surface area contributed by atoms with Gasteiger partial charge >= 0.3 is 0 Å². The summed E-state index contributed by atoms with van der Waals surface area (Å²) in [4.78, 5) is 15.5. The third-order valence-corrected chi connectivity index (χ3v) is 5.57. The van der Waals surface area contributed by atoms with E-state index in [9.17, 15) is 4.79 Å². The molecule has 0 unspecified atom stereocenters. The molecule has 0 saturated heterocycles. The number of nitrogens with zero attached hydrogens (tertiary/aromatic N) is 1. The van der Waals surface area contributed by atoms with Crippen LogP contribution in [-0.4, -0.2) is 30.9 Å². The number of rotatable bonds is 5. The third-order valence-electron chi connectivity index (χ3n) is 3.82. The Morgan fingerprint density at radius 3 is 2.78 bits per heavy atom. The van der Waals surface area contributed by atoms with Gasteiger partial charge in [-0.05, 0) is 41.3 Å². The number of likely N-dealkylation sites (N-methyl/N-ethyl adjacent to an activating group) is 1. The Labute approximate surface area is 120 Å². The van der Waals surface area contributed by atoms with Crippen molar-refractivity contribution >= 4 is 33.2 Å². The highest BCUT2D eigenvalue weighted by atomic mass is 79.9. The average molecular weight is 331 g/mol. The molecule has 1 fully saturated rings. The zero-order valence-electron chi connectivity index (χ0n) is 10.6. The van der Waals surface area contributed by atoms with Crippen LogP contribution in [0.5, 0.6) is 0 Å². The SMILES string of the molecule is CN(CCc1cc(Br)cs1)C(=O)C1(CN)CCC1. The smallest absolute Gasteiger partial charge is 0.229 e. The van der Waals surface area contributed by atoms with Crippen molar-refractivity contribution in [3.05, 3.63) is 20.8 Å². The molecule has 1 aromatic heterocycles. The van der Waals surface area contributed by atoms with Gasteiger partial charge in [0.15, 0.2) is 0 Å². The van der Waals surface area contributed by atoms with E-state index in [1.807, 2.05) is 11.9 Å².